The Morgan fingerprint density at radius 1 is 1.35 bits per heavy atom. The maximum atomic E-state index is 11.9. The smallest absolute Gasteiger partial charge is 0.235 e. The Morgan fingerprint density at radius 3 is 2.53 bits per heavy atom. The molecule has 0 aliphatic heterocycles. The highest BCUT2D eigenvalue weighted by Crippen LogP contribution is 2.23. The van der Waals surface area contributed by atoms with Crippen LogP contribution in [-0.4, -0.2) is 18.8 Å². The van der Waals surface area contributed by atoms with E-state index in [1.54, 1.807) is 18.2 Å². The Hall–Kier alpha value is -1.84. The van der Waals surface area contributed by atoms with E-state index in [0.29, 0.717) is 17.9 Å². The van der Waals surface area contributed by atoms with E-state index >= 15 is 0 Å². The topological polar surface area (TPSA) is 55.4 Å². The van der Waals surface area contributed by atoms with Gasteiger partial charge in [-0.25, -0.2) is 0 Å². The molecule has 17 heavy (non-hydrogen) atoms. The quantitative estimate of drug-likeness (QED) is 0.796. The van der Waals surface area contributed by atoms with Crippen molar-refractivity contribution in [2.24, 2.45) is 5.92 Å². The molecule has 92 valence electrons. The first-order chi connectivity index (χ1) is 8.10. The molecule has 1 atom stereocenters. The van der Waals surface area contributed by atoms with Crippen LogP contribution in [0.5, 0.6) is 5.75 Å². The molecule has 0 spiro atoms. The van der Waals surface area contributed by atoms with Crippen molar-refractivity contribution in [2.45, 2.75) is 20.3 Å². The van der Waals surface area contributed by atoms with Gasteiger partial charge in [0.05, 0.1) is 18.7 Å². The van der Waals surface area contributed by atoms with E-state index < -0.39 is 5.92 Å². The van der Waals surface area contributed by atoms with Crippen LogP contribution in [0.2, 0.25) is 0 Å². The van der Waals surface area contributed by atoms with Crippen LogP contribution in [0.15, 0.2) is 24.3 Å². The molecular formula is C13H17NO3. The molecule has 1 rings (SSSR count). The second-order valence-electron chi connectivity index (χ2n) is 3.76. The van der Waals surface area contributed by atoms with Crippen LogP contribution in [0.4, 0.5) is 5.69 Å². The van der Waals surface area contributed by atoms with Crippen molar-refractivity contribution < 1.29 is 14.3 Å². The van der Waals surface area contributed by atoms with Gasteiger partial charge in [-0.2, -0.15) is 0 Å². The number of Topliss-reactive ketones (excluding diaryl/α,β-unsaturated/α-hetero) is 1. The maximum Gasteiger partial charge on any atom is 0.235 e. The highest BCUT2D eigenvalue weighted by atomic mass is 16.5. The molecule has 4 nitrogen and oxygen atoms in total. The van der Waals surface area contributed by atoms with Crippen LogP contribution in [0.25, 0.3) is 0 Å². The molecule has 0 bridgehead atoms. The van der Waals surface area contributed by atoms with Crippen molar-refractivity contribution in [3.8, 4) is 5.75 Å². The van der Waals surface area contributed by atoms with Gasteiger partial charge >= 0.3 is 0 Å². The molecule has 0 aliphatic rings. The lowest BCUT2D eigenvalue weighted by Gasteiger charge is -2.14. The largest absolute Gasteiger partial charge is 0.495 e. The van der Waals surface area contributed by atoms with E-state index in [9.17, 15) is 9.59 Å². The number of hydrogen-bond donors (Lipinski definition) is 1. The minimum absolute atomic E-state index is 0.125. The van der Waals surface area contributed by atoms with Gasteiger partial charge in [-0.3, -0.25) is 9.59 Å². The summed E-state index contributed by atoms with van der Waals surface area (Å²) in [5, 5.41) is 2.71. The summed E-state index contributed by atoms with van der Waals surface area (Å²) in [5.41, 5.74) is 0.583. The van der Waals surface area contributed by atoms with Gasteiger partial charge in [0.2, 0.25) is 5.91 Å². The summed E-state index contributed by atoms with van der Waals surface area (Å²) >= 11 is 0. The Morgan fingerprint density at radius 2 is 2.00 bits per heavy atom. The Kier molecular flexibility index (Phi) is 4.69. The molecule has 0 saturated heterocycles. The van der Waals surface area contributed by atoms with Crippen LogP contribution in [0.3, 0.4) is 0 Å². The number of benzene rings is 1. The number of rotatable bonds is 5. The molecule has 1 N–H and O–H groups in total. The predicted molar refractivity (Wildman–Crippen MR) is 66.1 cm³/mol. The summed E-state index contributed by atoms with van der Waals surface area (Å²) < 4.78 is 5.12. The van der Waals surface area contributed by atoms with Gasteiger partial charge in [-0.05, 0) is 25.5 Å². The lowest BCUT2D eigenvalue weighted by molar-refractivity contribution is -0.129. The number of hydrogen-bond acceptors (Lipinski definition) is 3. The van der Waals surface area contributed by atoms with E-state index in [2.05, 4.69) is 5.32 Å². The van der Waals surface area contributed by atoms with Crippen LogP contribution in [0.1, 0.15) is 20.3 Å². The third kappa shape index (κ3) is 3.31. The van der Waals surface area contributed by atoms with Crippen molar-refractivity contribution >= 4 is 17.4 Å². The zero-order chi connectivity index (χ0) is 12.8. The van der Waals surface area contributed by atoms with Crippen LogP contribution < -0.4 is 10.1 Å². The van der Waals surface area contributed by atoms with Crippen molar-refractivity contribution in [2.75, 3.05) is 12.4 Å². The number of ketones is 1. The second-order valence-corrected chi connectivity index (χ2v) is 3.76. The first-order valence-corrected chi connectivity index (χ1v) is 5.54. The summed E-state index contributed by atoms with van der Waals surface area (Å²) in [4.78, 5) is 23.1. The minimum atomic E-state index is -0.597. The molecule has 0 aromatic heterocycles. The molecular weight excluding hydrogens is 218 g/mol. The standard InChI is InChI=1S/C13H17NO3/c1-4-10(9(2)15)13(16)14-11-7-5-6-8-12(11)17-3/h5-8,10H,4H2,1-3H3,(H,14,16)/t10-/m0/s1. The fourth-order valence-corrected chi connectivity index (χ4v) is 1.63. The van der Waals surface area contributed by atoms with Crippen molar-refractivity contribution in [1.29, 1.82) is 0 Å². The number of carbonyl (C=O) groups excluding carboxylic acids is 2. The summed E-state index contributed by atoms with van der Waals surface area (Å²) in [7, 11) is 1.53. The second kappa shape index (κ2) is 6.03. The number of carbonyl (C=O) groups is 2. The highest BCUT2D eigenvalue weighted by Gasteiger charge is 2.21. The van der Waals surface area contributed by atoms with Crippen LogP contribution in [0, 0.1) is 5.92 Å². The zero-order valence-corrected chi connectivity index (χ0v) is 10.3. The average molecular weight is 235 g/mol. The molecule has 1 aromatic carbocycles. The first-order valence-electron chi connectivity index (χ1n) is 5.54. The lowest BCUT2D eigenvalue weighted by atomic mass is 10.0. The van der Waals surface area contributed by atoms with Crippen LogP contribution >= 0.6 is 0 Å². The SMILES string of the molecule is CC[C@@H](C(C)=O)C(=O)Nc1ccccc1OC. The van der Waals surface area contributed by atoms with Gasteiger partial charge in [0, 0.05) is 0 Å². The summed E-state index contributed by atoms with van der Waals surface area (Å²) in [6, 6.07) is 7.11. The Labute approximate surface area is 101 Å². The fourth-order valence-electron chi connectivity index (χ4n) is 1.63. The molecule has 0 radical (unpaired) electrons. The van der Waals surface area contributed by atoms with Gasteiger partial charge in [0.15, 0.2) is 0 Å². The molecule has 1 amide bonds. The van der Waals surface area contributed by atoms with Gasteiger partial charge in [-0.1, -0.05) is 19.1 Å². The average Bonchev–Trinajstić information content (AvgIpc) is 2.30. The van der Waals surface area contributed by atoms with E-state index in [1.165, 1.54) is 14.0 Å². The zero-order valence-electron chi connectivity index (χ0n) is 10.3. The predicted octanol–water partition coefficient (Wildman–Crippen LogP) is 2.25. The first kappa shape index (κ1) is 13.2. The molecule has 4 heteroatoms. The van der Waals surface area contributed by atoms with Crippen molar-refractivity contribution in [3.63, 3.8) is 0 Å². The third-order valence-corrected chi connectivity index (χ3v) is 2.58. The summed E-state index contributed by atoms with van der Waals surface area (Å²) in [5.74, 6) is -0.427. The minimum Gasteiger partial charge on any atom is -0.495 e. The number of methoxy groups -OCH3 is 1. The van der Waals surface area contributed by atoms with Gasteiger partial charge in [-0.15, -0.1) is 0 Å². The van der Waals surface area contributed by atoms with E-state index in [-0.39, 0.29) is 11.7 Å². The highest BCUT2D eigenvalue weighted by molar-refractivity contribution is 6.06. The number of amides is 1. The Bertz CT molecular complexity index is 415. The van der Waals surface area contributed by atoms with E-state index in [1.807, 2.05) is 13.0 Å². The number of para-hydroxylation sites is 2. The van der Waals surface area contributed by atoms with Crippen molar-refractivity contribution in [3.05, 3.63) is 24.3 Å². The fraction of sp³-hybridized carbons (Fsp3) is 0.385. The van der Waals surface area contributed by atoms with Crippen molar-refractivity contribution in [1.82, 2.24) is 0 Å². The molecule has 0 saturated carbocycles. The normalized spacial score (nSPS) is 11.7. The molecule has 0 aliphatic carbocycles. The summed E-state index contributed by atoms with van der Waals surface area (Å²) in [6.45, 7) is 3.24. The number of ether oxygens (including phenoxy) is 1. The van der Waals surface area contributed by atoms with Gasteiger partial charge in [0.25, 0.3) is 0 Å². The summed E-state index contributed by atoms with van der Waals surface area (Å²) in [6.07, 6.45) is 0.496. The maximum absolute atomic E-state index is 11.9. The monoisotopic (exact) mass is 235 g/mol. The molecule has 0 heterocycles. The van der Waals surface area contributed by atoms with Crippen LogP contribution in [-0.2, 0) is 9.59 Å². The molecule has 1 aromatic rings. The molecule has 0 unspecified atom stereocenters. The van der Waals surface area contributed by atoms with E-state index in [0.717, 1.165) is 0 Å². The third-order valence-electron chi connectivity index (χ3n) is 2.58. The van der Waals surface area contributed by atoms with Gasteiger partial charge in [0.1, 0.15) is 11.5 Å². The number of nitrogens with one attached hydrogen (secondary N) is 1. The van der Waals surface area contributed by atoms with E-state index in [4.69, 9.17) is 4.74 Å². The Balaban J connectivity index is 2.83. The molecule has 0 fully saturated rings. The lowest BCUT2D eigenvalue weighted by Crippen LogP contribution is -2.27. The number of anilines is 1. The van der Waals surface area contributed by atoms with Gasteiger partial charge < -0.3 is 10.1 Å².